The Kier molecular flexibility index (Phi) is 3.72. The summed E-state index contributed by atoms with van der Waals surface area (Å²) in [5, 5.41) is 0. The molecule has 0 radical (unpaired) electrons. The molecule has 1 aromatic heterocycles. The molecule has 0 unspecified atom stereocenters. The molecule has 0 spiro atoms. The number of nitrogens with zero attached hydrogens (tertiary/aromatic N) is 2. The fraction of sp³-hybridized carbons (Fsp3) is 0.200. The van der Waals surface area contributed by atoms with Crippen molar-refractivity contribution in [1.82, 2.24) is 4.98 Å². The summed E-state index contributed by atoms with van der Waals surface area (Å²) in [6.07, 6.45) is 2.55. The zero-order chi connectivity index (χ0) is 13.0. The molecule has 0 aliphatic rings. The molecule has 0 aliphatic heterocycles. The summed E-state index contributed by atoms with van der Waals surface area (Å²) in [5.41, 5.74) is 3.10. The van der Waals surface area contributed by atoms with Gasteiger partial charge in [-0.1, -0.05) is 24.3 Å². The fourth-order valence-electron chi connectivity index (χ4n) is 1.94. The van der Waals surface area contributed by atoms with Crippen LogP contribution < -0.4 is 4.90 Å². The van der Waals surface area contributed by atoms with E-state index in [-0.39, 0.29) is 0 Å². The van der Waals surface area contributed by atoms with Crippen LogP contribution in [0.5, 0.6) is 0 Å². The van der Waals surface area contributed by atoms with Crippen molar-refractivity contribution < 1.29 is 4.79 Å². The van der Waals surface area contributed by atoms with E-state index in [0.717, 1.165) is 18.6 Å². The van der Waals surface area contributed by atoms with Gasteiger partial charge < -0.3 is 4.90 Å². The van der Waals surface area contributed by atoms with E-state index in [2.05, 4.69) is 24.0 Å². The van der Waals surface area contributed by atoms with Gasteiger partial charge >= 0.3 is 0 Å². The number of anilines is 1. The molecule has 0 N–H and O–H groups in total. The molecule has 0 atom stereocenters. The van der Waals surface area contributed by atoms with Crippen molar-refractivity contribution in [3.63, 3.8) is 0 Å². The third-order valence-corrected chi connectivity index (χ3v) is 2.97. The Bertz CT molecular complexity index is 552. The van der Waals surface area contributed by atoms with Gasteiger partial charge in [-0.2, -0.15) is 0 Å². The van der Waals surface area contributed by atoms with Gasteiger partial charge in [0.1, 0.15) is 5.82 Å². The average Bonchev–Trinajstić information content (AvgIpc) is 2.41. The molecule has 3 heteroatoms. The van der Waals surface area contributed by atoms with Gasteiger partial charge in [-0.25, -0.2) is 4.98 Å². The molecule has 0 saturated carbocycles. The van der Waals surface area contributed by atoms with Crippen molar-refractivity contribution in [2.24, 2.45) is 0 Å². The van der Waals surface area contributed by atoms with Crippen LogP contribution in [0.15, 0.2) is 42.6 Å². The van der Waals surface area contributed by atoms with Gasteiger partial charge in [0, 0.05) is 19.8 Å². The first kappa shape index (κ1) is 12.3. The van der Waals surface area contributed by atoms with Crippen molar-refractivity contribution in [2.75, 3.05) is 11.9 Å². The second-order valence-corrected chi connectivity index (χ2v) is 4.32. The maximum atomic E-state index is 11.0. The second kappa shape index (κ2) is 5.45. The maximum Gasteiger partial charge on any atom is 0.153 e. The van der Waals surface area contributed by atoms with E-state index in [1.54, 1.807) is 18.3 Å². The lowest BCUT2D eigenvalue weighted by Crippen LogP contribution is -2.19. The lowest BCUT2D eigenvalue weighted by Gasteiger charge is -2.20. The molecule has 2 aromatic rings. The van der Waals surface area contributed by atoms with Gasteiger partial charge in [0.15, 0.2) is 6.29 Å². The summed E-state index contributed by atoms with van der Waals surface area (Å²) in [7, 11) is 1.95. The van der Waals surface area contributed by atoms with Gasteiger partial charge in [-0.05, 0) is 30.2 Å². The first-order valence-corrected chi connectivity index (χ1v) is 5.88. The molecule has 0 saturated heterocycles. The van der Waals surface area contributed by atoms with Gasteiger partial charge in [0.2, 0.25) is 0 Å². The topological polar surface area (TPSA) is 33.2 Å². The van der Waals surface area contributed by atoms with Crippen molar-refractivity contribution in [2.45, 2.75) is 13.5 Å². The summed E-state index contributed by atoms with van der Waals surface area (Å²) in [4.78, 5) is 17.2. The highest BCUT2D eigenvalue weighted by Crippen LogP contribution is 2.17. The average molecular weight is 240 g/mol. The van der Waals surface area contributed by atoms with Crippen molar-refractivity contribution >= 4 is 12.1 Å². The summed E-state index contributed by atoms with van der Waals surface area (Å²) >= 11 is 0. The van der Waals surface area contributed by atoms with E-state index >= 15 is 0 Å². The zero-order valence-electron chi connectivity index (χ0n) is 10.6. The fourth-order valence-corrected chi connectivity index (χ4v) is 1.94. The molecule has 1 aromatic carbocycles. The smallest absolute Gasteiger partial charge is 0.153 e. The molecule has 0 amide bonds. The van der Waals surface area contributed by atoms with E-state index in [1.165, 1.54) is 11.1 Å². The van der Waals surface area contributed by atoms with Crippen LogP contribution >= 0.6 is 0 Å². The van der Waals surface area contributed by atoms with E-state index in [4.69, 9.17) is 0 Å². The third kappa shape index (κ3) is 2.56. The summed E-state index contributed by atoms with van der Waals surface area (Å²) in [6.45, 7) is 2.83. The number of carbonyl (C=O) groups excluding carboxylic acids is 1. The lowest BCUT2D eigenvalue weighted by molar-refractivity contribution is 0.112. The quantitative estimate of drug-likeness (QED) is 0.770. The Morgan fingerprint density at radius 1 is 1.22 bits per heavy atom. The SMILES string of the molecule is Cc1ccccc1CN(C)c1ncccc1C=O. The van der Waals surface area contributed by atoms with Crippen LogP contribution in [0.1, 0.15) is 21.5 Å². The van der Waals surface area contributed by atoms with Gasteiger partial charge in [-0.3, -0.25) is 4.79 Å². The largest absolute Gasteiger partial charge is 0.355 e. The number of rotatable bonds is 4. The summed E-state index contributed by atoms with van der Waals surface area (Å²) in [6, 6.07) is 11.8. The van der Waals surface area contributed by atoms with E-state index in [9.17, 15) is 4.79 Å². The maximum absolute atomic E-state index is 11.0. The van der Waals surface area contributed by atoms with E-state index in [0.29, 0.717) is 5.56 Å². The molecule has 1 heterocycles. The highest BCUT2D eigenvalue weighted by molar-refractivity contribution is 5.82. The molecule has 2 rings (SSSR count). The standard InChI is InChI=1S/C15H16N2O/c1-12-6-3-4-7-13(12)10-17(2)15-14(11-18)8-5-9-16-15/h3-9,11H,10H2,1-2H3. The zero-order valence-corrected chi connectivity index (χ0v) is 10.6. The van der Waals surface area contributed by atoms with Gasteiger partial charge in [-0.15, -0.1) is 0 Å². The van der Waals surface area contributed by atoms with Crippen LogP contribution in [0.3, 0.4) is 0 Å². The van der Waals surface area contributed by atoms with Crippen molar-refractivity contribution in [3.05, 3.63) is 59.3 Å². The van der Waals surface area contributed by atoms with Gasteiger partial charge in [0.25, 0.3) is 0 Å². The normalized spacial score (nSPS) is 10.1. The second-order valence-electron chi connectivity index (χ2n) is 4.32. The molecule has 3 nitrogen and oxygen atoms in total. The van der Waals surface area contributed by atoms with Crippen LogP contribution in [0, 0.1) is 6.92 Å². The number of hydrogen-bond acceptors (Lipinski definition) is 3. The Balaban J connectivity index is 2.25. The molecule has 0 bridgehead atoms. The van der Waals surface area contributed by atoms with Crippen LogP contribution in [0.4, 0.5) is 5.82 Å². The first-order valence-electron chi connectivity index (χ1n) is 5.88. The molecular formula is C15H16N2O. The minimum Gasteiger partial charge on any atom is -0.355 e. The summed E-state index contributed by atoms with van der Waals surface area (Å²) in [5.74, 6) is 0.718. The highest BCUT2D eigenvalue weighted by Gasteiger charge is 2.09. The predicted molar refractivity (Wildman–Crippen MR) is 72.9 cm³/mol. The van der Waals surface area contributed by atoms with Crippen LogP contribution in [0.25, 0.3) is 0 Å². The Morgan fingerprint density at radius 3 is 2.72 bits per heavy atom. The molecule has 0 aliphatic carbocycles. The van der Waals surface area contributed by atoms with Crippen LogP contribution in [-0.2, 0) is 6.54 Å². The van der Waals surface area contributed by atoms with Crippen LogP contribution in [0.2, 0.25) is 0 Å². The van der Waals surface area contributed by atoms with E-state index in [1.807, 2.05) is 24.1 Å². The van der Waals surface area contributed by atoms with Crippen molar-refractivity contribution in [3.8, 4) is 0 Å². The minimum atomic E-state index is 0.619. The molecule has 0 fully saturated rings. The first-order chi connectivity index (χ1) is 8.72. The third-order valence-electron chi connectivity index (χ3n) is 2.97. The number of carbonyl (C=O) groups is 1. The number of hydrogen-bond donors (Lipinski definition) is 0. The Morgan fingerprint density at radius 2 is 2.00 bits per heavy atom. The number of benzene rings is 1. The van der Waals surface area contributed by atoms with E-state index < -0.39 is 0 Å². The monoisotopic (exact) mass is 240 g/mol. The summed E-state index contributed by atoms with van der Waals surface area (Å²) < 4.78 is 0. The molecule has 92 valence electrons. The molecular weight excluding hydrogens is 224 g/mol. The lowest BCUT2D eigenvalue weighted by atomic mass is 10.1. The number of aldehydes is 1. The number of aromatic nitrogens is 1. The highest BCUT2D eigenvalue weighted by atomic mass is 16.1. The number of pyridine rings is 1. The van der Waals surface area contributed by atoms with Gasteiger partial charge in [0.05, 0.1) is 5.56 Å². The number of aryl methyl sites for hydroxylation is 1. The van der Waals surface area contributed by atoms with Crippen molar-refractivity contribution in [1.29, 1.82) is 0 Å². The minimum absolute atomic E-state index is 0.619. The Hall–Kier alpha value is -2.16. The van der Waals surface area contributed by atoms with Crippen LogP contribution in [-0.4, -0.2) is 18.3 Å². The predicted octanol–water partition coefficient (Wildman–Crippen LogP) is 2.84. The molecule has 18 heavy (non-hydrogen) atoms. The Labute approximate surface area is 107 Å².